The summed E-state index contributed by atoms with van der Waals surface area (Å²) < 4.78 is 8.88. The molecule has 5 N–H and O–H groups in total. The van der Waals surface area contributed by atoms with Crippen molar-refractivity contribution in [3.8, 4) is 0 Å². The van der Waals surface area contributed by atoms with Gasteiger partial charge in [0, 0.05) is 0 Å². The van der Waals surface area contributed by atoms with Gasteiger partial charge in [-0.05, 0) is 0 Å². The summed E-state index contributed by atoms with van der Waals surface area (Å²) in [6.45, 7) is 0. The summed E-state index contributed by atoms with van der Waals surface area (Å²) in [5.41, 5.74) is 0. The zero-order valence-corrected chi connectivity index (χ0v) is 5.01. The van der Waals surface area contributed by atoms with Gasteiger partial charge in [-0.15, -0.1) is 12.8 Å². The van der Waals surface area contributed by atoms with Crippen LogP contribution in [-0.2, 0) is 4.57 Å². The lowest BCUT2D eigenvalue weighted by atomic mass is 14.0. The molecule has 0 aliphatic carbocycles. The summed E-state index contributed by atoms with van der Waals surface area (Å²) in [4.78, 5) is 21.6. The maximum absolute atomic E-state index is 8.88. The van der Waals surface area contributed by atoms with Crippen molar-refractivity contribution in [1.29, 1.82) is 0 Å². The molecule has 7 heavy (non-hydrogen) atoms. The van der Waals surface area contributed by atoms with E-state index in [1.165, 1.54) is 0 Å². The van der Waals surface area contributed by atoms with E-state index in [2.05, 4.69) is 18.0 Å². The van der Waals surface area contributed by atoms with E-state index in [1.54, 1.807) is 0 Å². The lowest BCUT2D eigenvalue weighted by Gasteiger charge is -1.82. The van der Waals surface area contributed by atoms with Gasteiger partial charge in [-0.25, -0.2) is 4.57 Å². The Morgan fingerprint density at radius 2 is 1.29 bits per heavy atom. The third kappa shape index (κ3) is 711. The van der Waals surface area contributed by atoms with Gasteiger partial charge < -0.3 is 14.7 Å². The molecule has 0 heterocycles. The molecule has 0 aromatic carbocycles. The maximum Gasteiger partial charge on any atom is 0.466 e. The van der Waals surface area contributed by atoms with Gasteiger partial charge in [-0.1, -0.05) is 0 Å². The lowest BCUT2D eigenvalue weighted by Crippen LogP contribution is -1.66. The Balaban J connectivity index is 0. The third-order valence-electron chi connectivity index (χ3n) is 0. The molecule has 7 heteroatoms. The minimum absolute atomic E-state index is 3.03. The van der Waals surface area contributed by atoms with E-state index in [4.69, 9.17) is 19.2 Å². The second-order valence-corrected chi connectivity index (χ2v) is 1.54. The van der Waals surface area contributed by atoms with Crippen LogP contribution >= 0.6 is 20.6 Å². The Labute approximate surface area is 45.9 Å². The molecular weight excluding hydrogens is 141 g/mol. The fourth-order valence-electron chi connectivity index (χ4n) is 0. The molecule has 0 fully saturated rings. The summed E-state index contributed by atoms with van der Waals surface area (Å²) >= 11 is 3.03. The normalized spacial score (nSPS) is 9.29. The Morgan fingerprint density at radius 1 is 1.29 bits per heavy atom. The van der Waals surface area contributed by atoms with E-state index < -0.39 is 7.82 Å². The molecule has 0 spiro atoms. The van der Waals surface area contributed by atoms with E-state index in [1.807, 2.05) is 0 Å². The standard InChI is InChI=1S/H3NS.H3O4P/c1-2;1-5(2,3)4/h2H,1H2;(H3,1,2,3,4). The molecule has 0 aliphatic rings. The minimum Gasteiger partial charge on any atom is -0.303 e. The van der Waals surface area contributed by atoms with Crippen molar-refractivity contribution < 1.29 is 19.2 Å². The van der Waals surface area contributed by atoms with Crippen molar-refractivity contribution in [2.45, 2.75) is 0 Å². The number of nitrogens with two attached hydrogens (primary N) is 1. The van der Waals surface area contributed by atoms with Crippen LogP contribution in [0.1, 0.15) is 0 Å². The topological polar surface area (TPSA) is 104 Å². The Kier molecular flexibility index (Phi) is 6.81. The van der Waals surface area contributed by atoms with Gasteiger partial charge >= 0.3 is 7.82 Å². The van der Waals surface area contributed by atoms with E-state index in [-0.39, 0.29) is 0 Å². The predicted molar refractivity (Wildman–Crippen MR) is 27.4 cm³/mol. The van der Waals surface area contributed by atoms with E-state index in [0.29, 0.717) is 0 Å². The summed E-state index contributed by atoms with van der Waals surface area (Å²) in [6, 6.07) is 0. The van der Waals surface area contributed by atoms with Crippen molar-refractivity contribution in [3.63, 3.8) is 0 Å². The third-order valence-corrected chi connectivity index (χ3v) is 0. The molecule has 0 saturated heterocycles. The fraction of sp³-hybridized carbons (Fsp3) is 0. The van der Waals surface area contributed by atoms with E-state index >= 15 is 0 Å². The summed E-state index contributed by atoms with van der Waals surface area (Å²) in [6.07, 6.45) is 0. The van der Waals surface area contributed by atoms with Crippen molar-refractivity contribution >= 4 is 20.6 Å². The molecule has 0 aromatic rings. The van der Waals surface area contributed by atoms with Crippen LogP contribution in [-0.4, -0.2) is 14.7 Å². The molecule has 0 bridgehead atoms. The number of hydrogen-bond acceptors (Lipinski definition) is 3. The average molecular weight is 147 g/mol. The highest BCUT2D eigenvalue weighted by Crippen LogP contribution is 2.25. The minimum atomic E-state index is -4.64. The van der Waals surface area contributed by atoms with Gasteiger partial charge in [0.2, 0.25) is 0 Å². The Bertz CT molecular complexity index is 57.8. The molecule has 0 atom stereocenters. The van der Waals surface area contributed by atoms with Crippen LogP contribution < -0.4 is 5.14 Å². The van der Waals surface area contributed by atoms with Crippen LogP contribution in [0.5, 0.6) is 0 Å². The molecule has 5 nitrogen and oxygen atoms in total. The van der Waals surface area contributed by atoms with E-state index in [9.17, 15) is 0 Å². The second-order valence-electron chi connectivity index (χ2n) is 0.513. The quantitative estimate of drug-likeness (QED) is 0.220. The molecule has 0 radical (unpaired) electrons. The highest BCUT2D eigenvalue weighted by Gasteiger charge is 2.00. The molecule has 0 aliphatic heterocycles. The molecule has 0 amide bonds. The SMILES string of the molecule is NS.O=P(O)(O)O. The van der Waals surface area contributed by atoms with Gasteiger partial charge in [0.05, 0.1) is 0 Å². The highest BCUT2D eigenvalue weighted by molar-refractivity contribution is 7.77. The molecular formula is H6NO4PS. The molecule has 0 rings (SSSR count). The summed E-state index contributed by atoms with van der Waals surface area (Å²) in [7, 11) is -4.64. The summed E-state index contributed by atoms with van der Waals surface area (Å²) in [5.74, 6) is 0. The first-order valence-electron chi connectivity index (χ1n) is 1.04. The largest absolute Gasteiger partial charge is 0.466 e. The van der Waals surface area contributed by atoms with Crippen LogP contribution in [0.4, 0.5) is 0 Å². The zero-order chi connectivity index (χ0) is 6.50. The monoisotopic (exact) mass is 147 g/mol. The Morgan fingerprint density at radius 3 is 1.29 bits per heavy atom. The Hall–Kier alpha value is 0.420. The van der Waals surface area contributed by atoms with Crippen LogP contribution in [0.2, 0.25) is 0 Å². The first-order valence-corrected chi connectivity index (χ1v) is 3.12. The van der Waals surface area contributed by atoms with Crippen molar-refractivity contribution in [2.24, 2.45) is 5.14 Å². The fourth-order valence-corrected chi connectivity index (χ4v) is 0. The molecule has 0 saturated carbocycles. The smallest absolute Gasteiger partial charge is 0.303 e. The average Bonchev–Trinajstić information content (AvgIpc) is 1.36. The maximum atomic E-state index is 8.88. The van der Waals surface area contributed by atoms with Crippen molar-refractivity contribution in [3.05, 3.63) is 0 Å². The first kappa shape index (κ1) is 10.4. The van der Waals surface area contributed by atoms with Crippen molar-refractivity contribution in [1.82, 2.24) is 0 Å². The van der Waals surface area contributed by atoms with Crippen LogP contribution in [0.3, 0.4) is 0 Å². The number of phosphoric acid groups is 1. The zero-order valence-electron chi connectivity index (χ0n) is 3.22. The van der Waals surface area contributed by atoms with Crippen LogP contribution in [0, 0.1) is 0 Å². The summed E-state index contributed by atoms with van der Waals surface area (Å²) in [5, 5.41) is 4.19. The number of rotatable bonds is 0. The van der Waals surface area contributed by atoms with Gasteiger partial charge in [0.1, 0.15) is 0 Å². The molecule has 46 valence electrons. The predicted octanol–water partition coefficient (Wildman–Crippen LogP) is -1.14. The number of hydrogen-bond donors (Lipinski definition) is 5. The molecule has 0 unspecified atom stereocenters. The van der Waals surface area contributed by atoms with Gasteiger partial charge in [0.25, 0.3) is 0 Å². The lowest BCUT2D eigenvalue weighted by molar-refractivity contribution is 0.275. The first-order chi connectivity index (χ1) is 3.00. The number of thiol groups is 1. The van der Waals surface area contributed by atoms with E-state index in [0.717, 1.165) is 0 Å². The van der Waals surface area contributed by atoms with Crippen molar-refractivity contribution in [2.75, 3.05) is 0 Å². The second kappa shape index (κ2) is 4.58. The van der Waals surface area contributed by atoms with Crippen LogP contribution in [0.25, 0.3) is 0 Å². The van der Waals surface area contributed by atoms with Gasteiger partial charge in [-0.3, -0.25) is 5.14 Å². The van der Waals surface area contributed by atoms with Gasteiger partial charge in [-0.2, -0.15) is 0 Å². The highest BCUT2D eigenvalue weighted by atomic mass is 32.1. The van der Waals surface area contributed by atoms with Crippen LogP contribution in [0.15, 0.2) is 0 Å². The molecule has 0 aromatic heterocycles. The van der Waals surface area contributed by atoms with Gasteiger partial charge in [0.15, 0.2) is 0 Å².